The molecule has 118 valence electrons. The number of aliphatic hydroxyl groups excluding tert-OH is 1. The first-order valence-electron chi connectivity index (χ1n) is 6.60. The number of aliphatic hydroxyl groups is 1. The van der Waals surface area contributed by atoms with Crippen LogP contribution in [0.5, 0.6) is 0 Å². The number of benzene rings is 1. The lowest BCUT2D eigenvalue weighted by molar-refractivity contribution is -0.384. The minimum absolute atomic E-state index is 0.0553. The van der Waals surface area contributed by atoms with Gasteiger partial charge in [0.25, 0.3) is 11.2 Å². The molecule has 2 rings (SSSR count). The third kappa shape index (κ3) is 3.17. The number of hydrogen-bond donors (Lipinski definition) is 2. The zero-order valence-corrected chi connectivity index (χ0v) is 12.2. The van der Waals surface area contributed by atoms with Gasteiger partial charge < -0.3 is 10.4 Å². The normalized spacial score (nSPS) is 10.1. The van der Waals surface area contributed by atoms with Crippen molar-refractivity contribution in [2.75, 3.05) is 18.5 Å². The van der Waals surface area contributed by atoms with Gasteiger partial charge in [0.2, 0.25) is 5.95 Å². The van der Waals surface area contributed by atoms with Gasteiger partial charge in [0.05, 0.1) is 17.2 Å². The molecule has 23 heavy (non-hydrogen) atoms. The molecule has 0 saturated carbocycles. The maximum atomic E-state index is 12.3. The summed E-state index contributed by atoms with van der Waals surface area (Å²) in [4.78, 5) is 26.8. The minimum Gasteiger partial charge on any atom is -0.395 e. The lowest BCUT2D eigenvalue weighted by Crippen LogP contribution is -2.26. The first-order valence-corrected chi connectivity index (χ1v) is 6.60. The Balaban J connectivity index is 2.68. The fourth-order valence-corrected chi connectivity index (χ4v) is 2.00. The fraction of sp³-hybridized carbons (Fsp3) is 0.214. The minimum atomic E-state index is -0.579. The number of rotatable bonds is 5. The highest BCUT2D eigenvalue weighted by molar-refractivity contribution is 5.69. The summed E-state index contributed by atoms with van der Waals surface area (Å²) in [5.74, 6) is 0.157. The van der Waals surface area contributed by atoms with Crippen molar-refractivity contribution in [1.29, 1.82) is 5.26 Å². The van der Waals surface area contributed by atoms with E-state index >= 15 is 0 Å². The smallest absolute Gasteiger partial charge is 0.273 e. The quantitative estimate of drug-likeness (QED) is 0.610. The van der Waals surface area contributed by atoms with Gasteiger partial charge >= 0.3 is 0 Å². The number of nitrogens with one attached hydrogen (secondary N) is 1. The maximum absolute atomic E-state index is 12.3. The third-order valence-corrected chi connectivity index (χ3v) is 3.13. The zero-order valence-electron chi connectivity index (χ0n) is 12.2. The molecule has 1 aromatic heterocycles. The molecule has 0 spiro atoms. The van der Waals surface area contributed by atoms with Crippen molar-refractivity contribution in [1.82, 2.24) is 9.55 Å². The summed E-state index contributed by atoms with van der Waals surface area (Å²) in [6.45, 7) is 0.00255. The highest BCUT2D eigenvalue weighted by atomic mass is 16.6. The number of nitro groups is 1. The van der Waals surface area contributed by atoms with Gasteiger partial charge in [-0.05, 0) is 0 Å². The van der Waals surface area contributed by atoms with Crippen LogP contribution in [0.2, 0.25) is 0 Å². The number of anilines is 1. The van der Waals surface area contributed by atoms with Crippen molar-refractivity contribution >= 4 is 11.6 Å². The Morgan fingerprint density at radius 1 is 1.52 bits per heavy atom. The van der Waals surface area contributed by atoms with Gasteiger partial charge in [-0.1, -0.05) is 12.1 Å². The van der Waals surface area contributed by atoms with E-state index in [2.05, 4.69) is 10.3 Å². The number of nitro benzene ring substituents is 1. The Hall–Kier alpha value is -3.25. The molecule has 0 fully saturated rings. The van der Waals surface area contributed by atoms with E-state index in [9.17, 15) is 20.2 Å². The Morgan fingerprint density at radius 3 is 2.87 bits per heavy atom. The van der Waals surface area contributed by atoms with E-state index in [1.165, 1.54) is 31.3 Å². The van der Waals surface area contributed by atoms with Crippen LogP contribution in [0.25, 0.3) is 11.3 Å². The second kappa shape index (κ2) is 6.67. The molecule has 1 heterocycles. The van der Waals surface area contributed by atoms with E-state index < -0.39 is 10.5 Å². The maximum Gasteiger partial charge on any atom is 0.273 e. The number of hydrogen-bond acceptors (Lipinski definition) is 7. The molecule has 0 bridgehead atoms. The van der Waals surface area contributed by atoms with E-state index in [1.807, 2.05) is 0 Å². The third-order valence-electron chi connectivity index (χ3n) is 3.13. The van der Waals surface area contributed by atoms with E-state index in [-0.39, 0.29) is 36.0 Å². The van der Waals surface area contributed by atoms with Crippen molar-refractivity contribution in [2.45, 2.75) is 0 Å². The standard InChI is InChI=1S/C14H13N5O4/c1-18-13(21)11(8-15)12(17-14(18)16-5-6-20)9-3-2-4-10(7-9)19(22)23/h2-4,7,20H,5-6H2,1H3,(H,16,17). The Labute approximate surface area is 130 Å². The first kappa shape index (κ1) is 16.1. The lowest BCUT2D eigenvalue weighted by Gasteiger charge is -2.12. The van der Waals surface area contributed by atoms with Gasteiger partial charge in [0, 0.05) is 31.3 Å². The molecule has 0 radical (unpaired) electrons. The predicted molar refractivity (Wildman–Crippen MR) is 81.9 cm³/mol. The number of nitriles is 1. The second-order valence-electron chi connectivity index (χ2n) is 4.59. The molecule has 0 atom stereocenters. The van der Waals surface area contributed by atoms with Gasteiger partial charge in [0.1, 0.15) is 11.6 Å². The van der Waals surface area contributed by atoms with Crippen LogP contribution >= 0.6 is 0 Å². The molecule has 0 saturated heterocycles. The molecular formula is C14H13N5O4. The highest BCUT2D eigenvalue weighted by Gasteiger charge is 2.17. The van der Waals surface area contributed by atoms with Crippen LogP contribution in [0.1, 0.15) is 5.56 Å². The molecule has 1 aromatic carbocycles. The van der Waals surface area contributed by atoms with Crippen molar-refractivity contribution in [3.63, 3.8) is 0 Å². The van der Waals surface area contributed by atoms with Crippen molar-refractivity contribution in [2.24, 2.45) is 7.05 Å². The van der Waals surface area contributed by atoms with Crippen LogP contribution in [0, 0.1) is 21.4 Å². The molecule has 0 aliphatic carbocycles. The highest BCUT2D eigenvalue weighted by Crippen LogP contribution is 2.24. The average Bonchev–Trinajstić information content (AvgIpc) is 2.56. The fourth-order valence-electron chi connectivity index (χ4n) is 2.00. The van der Waals surface area contributed by atoms with Crippen LogP contribution in [0.15, 0.2) is 29.1 Å². The Bertz CT molecular complexity index is 853. The van der Waals surface area contributed by atoms with E-state index in [1.54, 1.807) is 6.07 Å². The van der Waals surface area contributed by atoms with Crippen LogP contribution in [0.4, 0.5) is 11.6 Å². The monoisotopic (exact) mass is 315 g/mol. The molecule has 9 heteroatoms. The second-order valence-corrected chi connectivity index (χ2v) is 4.59. The summed E-state index contributed by atoms with van der Waals surface area (Å²) in [5.41, 5.74) is -0.606. The van der Waals surface area contributed by atoms with Gasteiger partial charge in [-0.25, -0.2) is 4.98 Å². The SMILES string of the molecule is Cn1c(NCCO)nc(-c2cccc([N+](=O)[O-])c2)c(C#N)c1=O. The topological polar surface area (TPSA) is 134 Å². The molecule has 2 aromatic rings. The summed E-state index contributed by atoms with van der Waals surface area (Å²) in [7, 11) is 1.44. The molecule has 2 N–H and O–H groups in total. The van der Waals surface area contributed by atoms with Crippen molar-refractivity contribution in [3.05, 3.63) is 50.3 Å². The van der Waals surface area contributed by atoms with Crippen LogP contribution in [0.3, 0.4) is 0 Å². The molecule has 0 unspecified atom stereocenters. The van der Waals surface area contributed by atoms with Gasteiger partial charge in [-0.3, -0.25) is 19.5 Å². The first-order chi connectivity index (χ1) is 11.0. The van der Waals surface area contributed by atoms with Crippen molar-refractivity contribution in [3.8, 4) is 17.3 Å². The summed E-state index contributed by atoms with van der Waals surface area (Å²) in [5, 5.41) is 31.7. The molecule has 0 amide bonds. The zero-order chi connectivity index (χ0) is 17.0. The van der Waals surface area contributed by atoms with Gasteiger partial charge in [0.15, 0.2) is 0 Å². The number of nitrogens with zero attached hydrogens (tertiary/aromatic N) is 4. The lowest BCUT2D eigenvalue weighted by atomic mass is 10.1. The number of non-ortho nitro benzene ring substituents is 1. The van der Waals surface area contributed by atoms with Crippen LogP contribution in [-0.4, -0.2) is 32.7 Å². The largest absolute Gasteiger partial charge is 0.395 e. The Kier molecular flexibility index (Phi) is 4.68. The van der Waals surface area contributed by atoms with Crippen molar-refractivity contribution < 1.29 is 10.0 Å². The van der Waals surface area contributed by atoms with Crippen LogP contribution < -0.4 is 10.9 Å². The summed E-state index contributed by atoms with van der Waals surface area (Å²) in [6, 6.07) is 7.33. The Morgan fingerprint density at radius 2 is 2.26 bits per heavy atom. The number of aromatic nitrogens is 2. The van der Waals surface area contributed by atoms with Gasteiger partial charge in [-0.15, -0.1) is 0 Å². The average molecular weight is 315 g/mol. The molecular weight excluding hydrogens is 302 g/mol. The van der Waals surface area contributed by atoms with Crippen LogP contribution in [-0.2, 0) is 7.05 Å². The summed E-state index contributed by atoms with van der Waals surface area (Å²) >= 11 is 0. The molecule has 0 aliphatic rings. The van der Waals surface area contributed by atoms with E-state index in [0.29, 0.717) is 5.56 Å². The molecule has 9 nitrogen and oxygen atoms in total. The molecule has 0 aliphatic heterocycles. The summed E-state index contributed by atoms with van der Waals surface area (Å²) < 4.78 is 1.15. The van der Waals surface area contributed by atoms with E-state index in [0.717, 1.165) is 4.57 Å². The van der Waals surface area contributed by atoms with E-state index in [4.69, 9.17) is 5.11 Å². The predicted octanol–water partition coefficient (Wildman–Crippen LogP) is 0.631. The van der Waals surface area contributed by atoms with Gasteiger partial charge in [-0.2, -0.15) is 5.26 Å². The summed E-state index contributed by atoms with van der Waals surface area (Å²) in [6.07, 6.45) is 0.